The third-order valence-electron chi connectivity index (χ3n) is 5.73. The van der Waals surface area contributed by atoms with E-state index in [-0.39, 0.29) is 6.03 Å². The van der Waals surface area contributed by atoms with Gasteiger partial charge >= 0.3 is 6.03 Å². The van der Waals surface area contributed by atoms with Crippen LogP contribution in [0.3, 0.4) is 0 Å². The summed E-state index contributed by atoms with van der Waals surface area (Å²) in [5.74, 6) is 0.806. The molecule has 2 N–H and O–H groups in total. The number of primary amides is 1. The van der Waals surface area contributed by atoms with E-state index in [1.165, 1.54) is 5.56 Å². The lowest BCUT2D eigenvalue weighted by Crippen LogP contribution is -2.50. The van der Waals surface area contributed by atoms with Crippen molar-refractivity contribution in [1.82, 2.24) is 14.8 Å². The largest absolute Gasteiger partial charge is 0.431 e. The molecule has 7 heteroatoms. The molecule has 0 aliphatic carbocycles. The molecule has 6 nitrogen and oxygen atoms in total. The number of nitrogens with two attached hydrogens (primary N) is 1. The van der Waals surface area contributed by atoms with Gasteiger partial charge in [0.05, 0.1) is 10.2 Å². The molecule has 3 heterocycles. The molecule has 2 bridgehead atoms. The van der Waals surface area contributed by atoms with Gasteiger partial charge in [-0.1, -0.05) is 35.6 Å². The maximum Gasteiger partial charge on any atom is 0.315 e. The van der Waals surface area contributed by atoms with Gasteiger partial charge in [-0.25, -0.2) is 9.78 Å². The number of carbonyl (C=O) groups is 1. The van der Waals surface area contributed by atoms with Crippen LogP contribution in [0.4, 0.5) is 4.79 Å². The van der Waals surface area contributed by atoms with Gasteiger partial charge in [0, 0.05) is 31.7 Å². The molecular weight excluding hydrogens is 372 g/mol. The van der Waals surface area contributed by atoms with Crippen LogP contribution >= 0.6 is 11.3 Å². The highest BCUT2D eigenvalue weighted by Gasteiger charge is 2.44. The lowest BCUT2D eigenvalue weighted by Gasteiger charge is -2.33. The number of thiazole rings is 1. The van der Waals surface area contributed by atoms with Crippen LogP contribution in [0.2, 0.25) is 0 Å². The minimum Gasteiger partial charge on any atom is -0.431 e. The van der Waals surface area contributed by atoms with Crippen molar-refractivity contribution >= 4 is 27.6 Å². The van der Waals surface area contributed by atoms with Crippen LogP contribution in [-0.2, 0) is 6.42 Å². The summed E-state index contributed by atoms with van der Waals surface area (Å²) < 4.78 is 7.05. The first kappa shape index (κ1) is 17.5. The Balaban J connectivity index is 1.17. The number of piperazine rings is 1. The minimum atomic E-state index is -0.282. The van der Waals surface area contributed by atoms with Crippen molar-refractivity contribution in [2.24, 2.45) is 5.73 Å². The number of fused-ring (bicyclic) bond motifs is 3. The van der Waals surface area contributed by atoms with Crippen molar-refractivity contribution in [1.29, 1.82) is 0 Å². The maximum absolute atomic E-state index is 11.4. The molecule has 3 aromatic rings. The van der Waals surface area contributed by atoms with Crippen LogP contribution < -0.4 is 10.5 Å². The van der Waals surface area contributed by atoms with Crippen molar-refractivity contribution in [3.8, 4) is 10.9 Å². The topological polar surface area (TPSA) is 71.7 Å². The highest BCUT2D eigenvalue weighted by Crippen LogP contribution is 2.32. The van der Waals surface area contributed by atoms with Gasteiger partial charge in [0.25, 0.3) is 5.19 Å². The van der Waals surface area contributed by atoms with Gasteiger partial charge in [0.15, 0.2) is 0 Å². The smallest absolute Gasteiger partial charge is 0.315 e. The molecule has 2 aliphatic rings. The Morgan fingerprint density at radius 2 is 1.96 bits per heavy atom. The van der Waals surface area contributed by atoms with Gasteiger partial charge in [-0.3, -0.25) is 4.90 Å². The van der Waals surface area contributed by atoms with Gasteiger partial charge in [-0.05, 0) is 42.7 Å². The van der Waals surface area contributed by atoms with Crippen LogP contribution in [0, 0.1) is 0 Å². The van der Waals surface area contributed by atoms with Gasteiger partial charge in [0.1, 0.15) is 5.75 Å². The van der Waals surface area contributed by atoms with E-state index in [4.69, 9.17) is 10.5 Å². The van der Waals surface area contributed by atoms with E-state index in [9.17, 15) is 4.79 Å². The Kier molecular flexibility index (Phi) is 4.41. The quantitative estimate of drug-likeness (QED) is 0.719. The van der Waals surface area contributed by atoms with Crippen LogP contribution in [0.15, 0.2) is 48.5 Å². The van der Waals surface area contributed by atoms with E-state index in [2.05, 4.69) is 28.1 Å². The molecule has 2 aromatic carbocycles. The average molecular weight is 395 g/mol. The van der Waals surface area contributed by atoms with Gasteiger partial charge in [-0.15, -0.1) is 0 Å². The Morgan fingerprint density at radius 3 is 2.68 bits per heavy atom. The Morgan fingerprint density at radius 1 is 1.14 bits per heavy atom. The van der Waals surface area contributed by atoms with E-state index >= 15 is 0 Å². The number of carbonyl (C=O) groups excluding carboxylic acids is 1. The van der Waals surface area contributed by atoms with E-state index in [0.29, 0.717) is 17.3 Å². The minimum absolute atomic E-state index is 0.282. The maximum atomic E-state index is 11.4. The number of ether oxygens (including phenoxy) is 1. The Hall–Kier alpha value is -2.64. The fourth-order valence-electron chi connectivity index (χ4n) is 4.29. The highest BCUT2D eigenvalue weighted by molar-refractivity contribution is 7.20. The fourth-order valence-corrected chi connectivity index (χ4v) is 5.12. The summed E-state index contributed by atoms with van der Waals surface area (Å²) in [6.07, 6.45) is 2.04. The second kappa shape index (κ2) is 7.07. The normalized spacial score (nSPS) is 21.5. The Bertz CT molecular complexity index is 970. The second-order valence-electron chi connectivity index (χ2n) is 7.47. The molecule has 0 radical (unpaired) electrons. The van der Waals surface area contributed by atoms with Crippen molar-refractivity contribution < 1.29 is 9.53 Å². The third kappa shape index (κ3) is 3.31. The van der Waals surface area contributed by atoms with E-state index in [1.807, 2.05) is 35.2 Å². The van der Waals surface area contributed by atoms with Crippen LogP contribution in [0.25, 0.3) is 10.2 Å². The zero-order valence-electron chi connectivity index (χ0n) is 15.5. The molecule has 2 saturated heterocycles. The average Bonchev–Trinajstić information content (AvgIpc) is 3.40. The number of hydrogen-bond donors (Lipinski definition) is 1. The molecule has 5 rings (SSSR count). The number of para-hydroxylation sites is 1. The monoisotopic (exact) mass is 394 g/mol. The van der Waals surface area contributed by atoms with Crippen molar-refractivity contribution in [2.75, 3.05) is 19.6 Å². The number of amides is 2. The van der Waals surface area contributed by atoms with Crippen molar-refractivity contribution in [2.45, 2.75) is 24.9 Å². The van der Waals surface area contributed by atoms with Gasteiger partial charge in [-0.2, -0.15) is 0 Å². The third-order valence-corrected chi connectivity index (χ3v) is 6.64. The Labute approximate surface area is 167 Å². The number of hydrogen-bond acceptors (Lipinski definition) is 5. The molecular formula is C21H22N4O2S. The first-order valence-corrected chi connectivity index (χ1v) is 10.4. The zero-order chi connectivity index (χ0) is 19.1. The lowest BCUT2D eigenvalue weighted by molar-refractivity contribution is 0.142. The van der Waals surface area contributed by atoms with Crippen molar-refractivity contribution in [3.63, 3.8) is 0 Å². The molecule has 1 unspecified atom stereocenters. The summed E-state index contributed by atoms with van der Waals surface area (Å²) in [6, 6.07) is 16.8. The summed E-state index contributed by atoms with van der Waals surface area (Å²) in [5, 5.41) is 0.668. The first-order valence-electron chi connectivity index (χ1n) is 9.58. The summed E-state index contributed by atoms with van der Waals surface area (Å²) in [6.45, 7) is 2.72. The number of rotatable bonds is 5. The summed E-state index contributed by atoms with van der Waals surface area (Å²) in [7, 11) is 0. The molecule has 2 amide bonds. The van der Waals surface area contributed by atoms with Gasteiger partial charge < -0.3 is 15.4 Å². The zero-order valence-corrected chi connectivity index (χ0v) is 16.3. The van der Waals surface area contributed by atoms with E-state index in [0.717, 1.165) is 48.4 Å². The van der Waals surface area contributed by atoms with Crippen LogP contribution in [0.1, 0.15) is 12.0 Å². The number of aromatic nitrogens is 1. The van der Waals surface area contributed by atoms with Gasteiger partial charge in [0.2, 0.25) is 0 Å². The molecule has 2 aliphatic heterocycles. The molecule has 2 fully saturated rings. The molecule has 144 valence electrons. The standard InChI is InChI=1S/C21H22N4O2S/c22-20(26)25-13-15-11-16(25)12-24(15)10-9-14-5-7-17(8-6-14)27-21-23-18-3-1-2-4-19(18)28-21/h1-8,15-16H,9-13H2,(H2,22,26)/t15?,16-/m1/s1. The van der Waals surface area contributed by atoms with Crippen LogP contribution in [-0.4, -0.2) is 52.5 Å². The number of likely N-dealkylation sites (tertiary alicyclic amines) is 2. The SMILES string of the molecule is NC(=O)N1CC2C[C@@H]1CN2CCc1ccc(Oc2nc3ccccc3s2)cc1. The molecule has 28 heavy (non-hydrogen) atoms. The number of urea groups is 1. The second-order valence-corrected chi connectivity index (χ2v) is 8.47. The van der Waals surface area contributed by atoms with Crippen LogP contribution in [0.5, 0.6) is 10.9 Å². The predicted octanol–water partition coefficient (Wildman–Crippen LogP) is 3.47. The molecule has 1 aromatic heterocycles. The van der Waals surface area contributed by atoms with E-state index in [1.54, 1.807) is 11.3 Å². The lowest BCUT2D eigenvalue weighted by atomic mass is 10.1. The molecule has 2 atom stereocenters. The predicted molar refractivity (Wildman–Crippen MR) is 110 cm³/mol. The number of benzene rings is 2. The summed E-state index contributed by atoms with van der Waals surface area (Å²) >= 11 is 1.56. The summed E-state index contributed by atoms with van der Waals surface area (Å²) in [5.41, 5.74) is 7.69. The van der Waals surface area contributed by atoms with Crippen molar-refractivity contribution in [3.05, 3.63) is 54.1 Å². The number of nitrogens with zero attached hydrogens (tertiary/aromatic N) is 3. The first-order chi connectivity index (χ1) is 13.7. The fraction of sp³-hybridized carbons (Fsp3) is 0.333. The molecule has 0 saturated carbocycles. The molecule has 0 spiro atoms. The van der Waals surface area contributed by atoms with E-state index < -0.39 is 0 Å². The highest BCUT2D eigenvalue weighted by atomic mass is 32.1. The summed E-state index contributed by atoms with van der Waals surface area (Å²) in [4.78, 5) is 20.2.